The van der Waals surface area contributed by atoms with Gasteiger partial charge >= 0.3 is 0 Å². The number of aryl methyl sites for hydroxylation is 2. The van der Waals surface area contributed by atoms with Gasteiger partial charge in [-0.3, -0.25) is 14.6 Å². The van der Waals surface area contributed by atoms with Gasteiger partial charge in [-0.05, 0) is 31.9 Å². The highest BCUT2D eigenvalue weighted by atomic mass is 16.2. The number of amides is 2. The van der Waals surface area contributed by atoms with Crippen LogP contribution in [0.15, 0.2) is 24.3 Å². The molecule has 2 unspecified atom stereocenters. The average molecular weight is 326 g/mol. The van der Waals surface area contributed by atoms with Gasteiger partial charge in [0, 0.05) is 25.0 Å². The van der Waals surface area contributed by atoms with E-state index < -0.39 is 6.04 Å². The number of aromatic nitrogens is 1. The van der Waals surface area contributed by atoms with Crippen LogP contribution in [0.3, 0.4) is 0 Å². The normalized spacial score (nSPS) is 20.4. The fourth-order valence-electron chi connectivity index (χ4n) is 3.32. The van der Waals surface area contributed by atoms with Crippen molar-refractivity contribution in [2.24, 2.45) is 5.73 Å². The third kappa shape index (κ3) is 2.73. The van der Waals surface area contributed by atoms with Gasteiger partial charge in [-0.2, -0.15) is 0 Å². The molecule has 2 heterocycles. The quantitative estimate of drug-likeness (QED) is 0.866. The van der Waals surface area contributed by atoms with Gasteiger partial charge < -0.3 is 16.0 Å². The van der Waals surface area contributed by atoms with Gasteiger partial charge in [0.15, 0.2) is 0 Å². The van der Waals surface area contributed by atoms with Crippen LogP contribution in [-0.4, -0.2) is 47.4 Å². The Morgan fingerprint density at radius 2 is 2.08 bits per heavy atom. The van der Waals surface area contributed by atoms with E-state index in [-0.39, 0.29) is 17.9 Å². The van der Waals surface area contributed by atoms with E-state index in [0.717, 1.165) is 16.5 Å². The molecule has 1 aromatic heterocycles. The van der Waals surface area contributed by atoms with E-state index in [9.17, 15) is 9.59 Å². The van der Waals surface area contributed by atoms with Crippen molar-refractivity contribution in [3.8, 4) is 0 Å². The molecule has 2 amide bonds. The Hall–Kier alpha value is -2.47. The molecule has 0 saturated carbocycles. The second-order valence-electron chi connectivity index (χ2n) is 6.35. The van der Waals surface area contributed by atoms with Crippen molar-refractivity contribution in [1.29, 1.82) is 0 Å². The van der Waals surface area contributed by atoms with E-state index in [1.165, 1.54) is 0 Å². The number of hydrogen-bond acceptors (Lipinski definition) is 4. The number of likely N-dealkylation sites (N-methyl/N-ethyl adjacent to an activating group) is 1. The number of carbonyl (C=O) groups is 2. The van der Waals surface area contributed by atoms with Crippen LogP contribution in [0.25, 0.3) is 10.9 Å². The third-order valence-electron chi connectivity index (χ3n) is 4.61. The number of nitrogens with zero attached hydrogens (tertiary/aromatic N) is 2. The van der Waals surface area contributed by atoms with Crippen molar-refractivity contribution in [3.63, 3.8) is 0 Å². The minimum absolute atomic E-state index is 0.182. The number of likely N-dealkylation sites (tertiary alicyclic amines) is 1. The summed E-state index contributed by atoms with van der Waals surface area (Å²) in [6, 6.07) is 7.03. The summed E-state index contributed by atoms with van der Waals surface area (Å²) in [5.74, 6) is -0.372. The number of carbonyl (C=O) groups excluding carboxylic acids is 2. The van der Waals surface area contributed by atoms with Crippen LogP contribution in [0, 0.1) is 13.8 Å². The van der Waals surface area contributed by atoms with Crippen molar-refractivity contribution in [2.75, 3.05) is 13.6 Å². The van der Waals surface area contributed by atoms with Gasteiger partial charge in [0.2, 0.25) is 5.91 Å². The van der Waals surface area contributed by atoms with Crippen LogP contribution in [0.4, 0.5) is 0 Å². The average Bonchev–Trinajstić information content (AvgIpc) is 2.96. The zero-order chi connectivity index (χ0) is 17.4. The summed E-state index contributed by atoms with van der Waals surface area (Å²) in [5.41, 5.74) is 9.14. The molecule has 1 saturated heterocycles. The van der Waals surface area contributed by atoms with Gasteiger partial charge in [0.1, 0.15) is 6.04 Å². The summed E-state index contributed by atoms with van der Waals surface area (Å²) >= 11 is 0. The standard InChI is InChI=1S/C18H22N4O2/c1-10-5-4-6-12-7-14(11(2)21-16(10)12)18(24)22-9-13(19)8-15(22)17(23)20-3/h4-7,13,15H,8-9,19H2,1-3H3,(H,20,23). The fourth-order valence-corrected chi connectivity index (χ4v) is 3.32. The lowest BCUT2D eigenvalue weighted by molar-refractivity contribution is -0.124. The van der Waals surface area contributed by atoms with Gasteiger partial charge in [-0.25, -0.2) is 0 Å². The van der Waals surface area contributed by atoms with Gasteiger partial charge in [-0.1, -0.05) is 18.2 Å². The van der Waals surface area contributed by atoms with Crippen molar-refractivity contribution in [3.05, 3.63) is 41.1 Å². The molecule has 0 aliphatic carbocycles. The van der Waals surface area contributed by atoms with E-state index in [4.69, 9.17) is 5.73 Å². The minimum Gasteiger partial charge on any atom is -0.357 e. The summed E-state index contributed by atoms with van der Waals surface area (Å²) in [4.78, 5) is 31.3. The van der Waals surface area contributed by atoms with Crippen LogP contribution < -0.4 is 11.1 Å². The van der Waals surface area contributed by atoms with Crippen molar-refractivity contribution in [2.45, 2.75) is 32.4 Å². The van der Waals surface area contributed by atoms with Crippen LogP contribution in [-0.2, 0) is 4.79 Å². The maximum Gasteiger partial charge on any atom is 0.256 e. The van der Waals surface area contributed by atoms with E-state index in [0.29, 0.717) is 24.2 Å². The van der Waals surface area contributed by atoms with Gasteiger partial charge in [0.05, 0.1) is 16.8 Å². The lowest BCUT2D eigenvalue weighted by Crippen LogP contribution is -2.45. The molecule has 1 aliphatic heterocycles. The van der Waals surface area contributed by atoms with Gasteiger partial charge in [-0.15, -0.1) is 0 Å². The van der Waals surface area contributed by atoms with Crippen LogP contribution in [0.2, 0.25) is 0 Å². The SMILES string of the molecule is CNC(=O)C1CC(N)CN1C(=O)c1cc2cccc(C)c2nc1C. The first-order valence-electron chi connectivity index (χ1n) is 8.07. The number of pyridine rings is 1. The van der Waals surface area contributed by atoms with Gasteiger partial charge in [0.25, 0.3) is 5.91 Å². The molecule has 6 nitrogen and oxygen atoms in total. The molecule has 0 radical (unpaired) electrons. The lowest BCUT2D eigenvalue weighted by atomic mass is 10.1. The predicted molar refractivity (Wildman–Crippen MR) is 92.7 cm³/mol. The number of fused-ring (bicyclic) bond motifs is 1. The largest absolute Gasteiger partial charge is 0.357 e. The highest BCUT2D eigenvalue weighted by molar-refractivity contribution is 6.01. The van der Waals surface area contributed by atoms with E-state index in [2.05, 4.69) is 10.3 Å². The molecule has 2 aromatic rings. The van der Waals surface area contributed by atoms with Crippen molar-refractivity contribution >= 4 is 22.7 Å². The molecule has 126 valence electrons. The number of nitrogens with one attached hydrogen (secondary N) is 1. The number of para-hydroxylation sites is 1. The zero-order valence-corrected chi connectivity index (χ0v) is 14.2. The summed E-state index contributed by atoms with van der Waals surface area (Å²) in [7, 11) is 1.57. The molecular formula is C18H22N4O2. The topological polar surface area (TPSA) is 88.3 Å². The summed E-state index contributed by atoms with van der Waals surface area (Å²) in [6.45, 7) is 4.20. The summed E-state index contributed by atoms with van der Waals surface area (Å²) in [5, 5.41) is 3.53. The maximum atomic E-state index is 13.0. The highest BCUT2D eigenvalue weighted by Crippen LogP contribution is 2.24. The maximum absolute atomic E-state index is 13.0. The first kappa shape index (κ1) is 16.4. The molecule has 2 atom stereocenters. The number of hydrogen-bond donors (Lipinski definition) is 2. The second kappa shape index (κ2) is 6.20. The van der Waals surface area contributed by atoms with E-state index in [1.54, 1.807) is 11.9 Å². The third-order valence-corrected chi connectivity index (χ3v) is 4.61. The van der Waals surface area contributed by atoms with Crippen molar-refractivity contribution in [1.82, 2.24) is 15.2 Å². The molecule has 1 fully saturated rings. The molecule has 3 N–H and O–H groups in total. The molecule has 0 spiro atoms. The predicted octanol–water partition coefficient (Wildman–Crippen LogP) is 1.14. The van der Waals surface area contributed by atoms with Crippen LogP contribution >= 0.6 is 0 Å². The molecule has 0 bridgehead atoms. The second-order valence-corrected chi connectivity index (χ2v) is 6.35. The smallest absolute Gasteiger partial charge is 0.256 e. The Kier molecular flexibility index (Phi) is 4.24. The number of nitrogens with two attached hydrogens (primary N) is 1. The van der Waals surface area contributed by atoms with Crippen LogP contribution in [0.1, 0.15) is 28.0 Å². The van der Waals surface area contributed by atoms with E-state index >= 15 is 0 Å². The monoisotopic (exact) mass is 326 g/mol. The fraction of sp³-hybridized carbons (Fsp3) is 0.389. The Balaban J connectivity index is 2.01. The molecular weight excluding hydrogens is 304 g/mol. The molecule has 1 aliphatic rings. The molecule has 1 aromatic carbocycles. The Bertz CT molecular complexity index is 818. The van der Waals surface area contributed by atoms with Crippen LogP contribution in [0.5, 0.6) is 0 Å². The Labute approximate surface area is 141 Å². The Morgan fingerprint density at radius 3 is 2.79 bits per heavy atom. The molecule has 24 heavy (non-hydrogen) atoms. The lowest BCUT2D eigenvalue weighted by Gasteiger charge is -2.24. The number of benzene rings is 1. The first-order valence-corrected chi connectivity index (χ1v) is 8.07. The Morgan fingerprint density at radius 1 is 1.33 bits per heavy atom. The first-order chi connectivity index (χ1) is 11.4. The minimum atomic E-state index is -0.523. The number of rotatable bonds is 2. The van der Waals surface area contributed by atoms with Crippen molar-refractivity contribution < 1.29 is 9.59 Å². The summed E-state index contributed by atoms with van der Waals surface area (Å²) in [6.07, 6.45) is 0.477. The van der Waals surface area contributed by atoms with E-state index in [1.807, 2.05) is 38.1 Å². The summed E-state index contributed by atoms with van der Waals surface area (Å²) < 4.78 is 0. The molecule has 3 rings (SSSR count). The highest BCUT2D eigenvalue weighted by Gasteiger charge is 2.38. The molecule has 6 heteroatoms. The zero-order valence-electron chi connectivity index (χ0n) is 14.2.